The minimum Gasteiger partial charge on any atom is -0.326 e. The molecule has 2 amide bonds. The third-order valence-electron chi connectivity index (χ3n) is 3.70. The van der Waals surface area contributed by atoms with Crippen molar-refractivity contribution < 1.29 is 9.59 Å². The van der Waals surface area contributed by atoms with Gasteiger partial charge < -0.3 is 10.2 Å². The van der Waals surface area contributed by atoms with E-state index in [0.717, 1.165) is 35.6 Å². The lowest BCUT2D eigenvalue weighted by molar-refractivity contribution is -0.119. The second-order valence-corrected chi connectivity index (χ2v) is 6.39. The average Bonchev–Trinajstić information content (AvgIpc) is 3.01. The van der Waals surface area contributed by atoms with Gasteiger partial charge in [0.2, 0.25) is 11.8 Å². The van der Waals surface area contributed by atoms with E-state index in [1.165, 1.54) is 0 Å². The predicted molar refractivity (Wildman–Crippen MR) is 89.3 cm³/mol. The number of hydrogen-bond acceptors (Lipinski definition) is 3. The summed E-state index contributed by atoms with van der Waals surface area (Å²) >= 11 is 1.58. The van der Waals surface area contributed by atoms with Crippen LogP contribution in [0.4, 0.5) is 11.4 Å². The molecule has 3 rings (SSSR count). The van der Waals surface area contributed by atoms with Gasteiger partial charge >= 0.3 is 0 Å². The molecule has 1 aliphatic rings. The van der Waals surface area contributed by atoms with Crippen molar-refractivity contribution in [1.29, 1.82) is 0 Å². The summed E-state index contributed by atoms with van der Waals surface area (Å²) in [6, 6.07) is 11.4. The molecule has 2 heterocycles. The van der Waals surface area contributed by atoms with E-state index in [9.17, 15) is 9.59 Å². The van der Waals surface area contributed by atoms with Gasteiger partial charge in [-0.2, -0.15) is 0 Å². The van der Waals surface area contributed by atoms with Crippen LogP contribution in [0, 0.1) is 0 Å². The van der Waals surface area contributed by atoms with Gasteiger partial charge in [-0.15, -0.1) is 11.3 Å². The van der Waals surface area contributed by atoms with E-state index in [0.29, 0.717) is 12.8 Å². The highest BCUT2D eigenvalue weighted by molar-refractivity contribution is 7.10. The van der Waals surface area contributed by atoms with Gasteiger partial charge in [-0.05, 0) is 48.6 Å². The van der Waals surface area contributed by atoms with Gasteiger partial charge in [-0.1, -0.05) is 6.07 Å². The predicted octanol–water partition coefficient (Wildman–Crippen LogP) is 3.45. The van der Waals surface area contributed by atoms with Gasteiger partial charge in [-0.25, -0.2) is 0 Å². The first-order chi connectivity index (χ1) is 10.7. The van der Waals surface area contributed by atoms with Crippen LogP contribution < -0.4 is 10.2 Å². The number of hydrogen-bond donors (Lipinski definition) is 1. The Morgan fingerprint density at radius 2 is 2.00 bits per heavy atom. The van der Waals surface area contributed by atoms with Crippen molar-refractivity contribution in [1.82, 2.24) is 0 Å². The summed E-state index contributed by atoms with van der Waals surface area (Å²) in [4.78, 5) is 26.7. The van der Waals surface area contributed by atoms with Crippen LogP contribution in [-0.2, 0) is 16.0 Å². The Labute approximate surface area is 133 Å². The van der Waals surface area contributed by atoms with E-state index >= 15 is 0 Å². The molecule has 5 heteroatoms. The number of rotatable bonds is 4. The van der Waals surface area contributed by atoms with Gasteiger partial charge in [-0.3, -0.25) is 9.59 Å². The Balaban J connectivity index is 1.61. The number of thiophene rings is 1. The van der Waals surface area contributed by atoms with Crippen molar-refractivity contribution in [3.63, 3.8) is 0 Å². The normalized spacial score (nSPS) is 14.9. The maximum Gasteiger partial charge on any atom is 0.229 e. The molecule has 1 fully saturated rings. The fourth-order valence-electron chi connectivity index (χ4n) is 2.58. The number of amides is 2. The second kappa shape index (κ2) is 6.75. The number of nitrogens with zero attached hydrogens (tertiary/aromatic N) is 1. The lowest BCUT2D eigenvalue weighted by Crippen LogP contribution is -2.35. The van der Waals surface area contributed by atoms with Crippen molar-refractivity contribution >= 4 is 34.5 Å². The highest BCUT2D eigenvalue weighted by Gasteiger charge is 2.19. The first kappa shape index (κ1) is 14.8. The Hall–Kier alpha value is -2.14. The molecule has 0 saturated carbocycles. The maximum absolute atomic E-state index is 11.9. The van der Waals surface area contributed by atoms with Crippen LogP contribution in [-0.4, -0.2) is 18.4 Å². The molecular formula is C17H18N2O2S. The molecule has 0 spiro atoms. The maximum atomic E-state index is 11.9. The molecule has 2 aromatic rings. The molecule has 4 nitrogen and oxygen atoms in total. The number of nitrogens with one attached hydrogen (secondary N) is 1. The van der Waals surface area contributed by atoms with Crippen LogP contribution in [0.2, 0.25) is 0 Å². The molecule has 1 aromatic heterocycles. The van der Waals surface area contributed by atoms with Gasteiger partial charge in [0.05, 0.1) is 6.42 Å². The molecule has 22 heavy (non-hydrogen) atoms. The molecule has 1 aromatic carbocycles. The minimum absolute atomic E-state index is 0.0238. The van der Waals surface area contributed by atoms with Crippen molar-refractivity contribution in [3.05, 3.63) is 46.7 Å². The summed E-state index contributed by atoms with van der Waals surface area (Å²) < 4.78 is 0. The SMILES string of the molecule is O=C(Cc1cccs1)Nc1ccc(N2CCCCC2=O)cc1. The van der Waals surface area contributed by atoms with Crippen molar-refractivity contribution in [2.45, 2.75) is 25.7 Å². The lowest BCUT2D eigenvalue weighted by Gasteiger charge is -2.26. The summed E-state index contributed by atoms with van der Waals surface area (Å²) in [6.45, 7) is 0.781. The highest BCUT2D eigenvalue weighted by atomic mass is 32.1. The van der Waals surface area contributed by atoms with Crippen LogP contribution >= 0.6 is 11.3 Å². The Bertz CT molecular complexity index is 650. The smallest absolute Gasteiger partial charge is 0.229 e. The molecule has 1 aliphatic heterocycles. The molecule has 1 N–H and O–H groups in total. The van der Waals surface area contributed by atoms with E-state index in [-0.39, 0.29) is 11.8 Å². The Morgan fingerprint density at radius 1 is 1.18 bits per heavy atom. The summed E-state index contributed by atoms with van der Waals surface area (Å²) in [6.07, 6.45) is 3.04. The zero-order valence-electron chi connectivity index (χ0n) is 12.2. The number of carbonyl (C=O) groups is 2. The topological polar surface area (TPSA) is 49.4 Å². The van der Waals surface area contributed by atoms with Crippen LogP contribution in [0.5, 0.6) is 0 Å². The molecule has 0 aliphatic carbocycles. The van der Waals surface area contributed by atoms with Crippen molar-refractivity contribution in [2.24, 2.45) is 0 Å². The van der Waals surface area contributed by atoms with Crippen LogP contribution in [0.3, 0.4) is 0 Å². The third kappa shape index (κ3) is 3.54. The monoisotopic (exact) mass is 314 g/mol. The van der Waals surface area contributed by atoms with Crippen LogP contribution in [0.15, 0.2) is 41.8 Å². The third-order valence-corrected chi connectivity index (χ3v) is 4.58. The number of benzene rings is 1. The van der Waals surface area contributed by atoms with Crippen LogP contribution in [0.1, 0.15) is 24.1 Å². The van der Waals surface area contributed by atoms with Gasteiger partial charge in [0.15, 0.2) is 0 Å². The summed E-state index contributed by atoms with van der Waals surface area (Å²) in [5.41, 5.74) is 1.66. The molecule has 0 radical (unpaired) electrons. The number of carbonyl (C=O) groups excluding carboxylic acids is 2. The lowest BCUT2D eigenvalue weighted by atomic mass is 10.1. The van der Waals surface area contributed by atoms with E-state index in [4.69, 9.17) is 0 Å². The zero-order chi connectivity index (χ0) is 15.4. The first-order valence-electron chi connectivity index (χ1n) is 7.45. The van der Waals surface area contributed by atoms with E-state index < -0.39 is 0 Å². The molecular weight excluding hydrogens is 296 g/mol. The Kier molecular flexibility index (Phi) is 4.53. The van der Waals surface area contributed by atoms with Gasteiger partial charge in [0.1, 0.15) is 0 Å². The molecule has 114 valence electrons. The van der Waals surface area contributed by atoms with Crippen molar-refractivity contribution in [3.8, 4) is 0 Å². The second-order valence-electron chi connectivity index (χ2n) is 5.35. The average molecular weight is 314 g/mol. The van der Waals surface area contributed by atoms with E-state index in [1.54, 1.807) is 11.3 Å². The van der Waals surface area contributed by atoms with E-state index in [1.807, 2.05) is 46.7 Å². The molecule has 0 atom stereocenters. The highest BCUT2D eigenvalue weighted by Crippen LogP contribution is 2.22. The first-order valence-corrected chi connectivity index (χ1v) is 8.33. The number of anilines is 2. The largest absolute Gasteiger partial charge is 0.326 e. The standard InChI is InChI=1S/C17H18N2O2S/c20-16(12-15-4-3-11-22-15)18-13-6-8-14(9-7-13)19-10-2-1-5-17(19)21/h3-4,6-9,11H,1-2,5,10,12H2,(H,18,20). The molecule has 1 saturated heterocycles. The quantitative estimate of drug-likeness (QED) is 0.939. The van der Waals surface area contributed by atoms with Crippen molar-refractivity contribution in [2.75, 3.05) is 16.8 Å². The molecule has 0 bridgehead atoms. The van der Waals surface area contributed by atoms with Gasteiger partial charge in [0, 0.05) is 29.2 Å². The summed E-state index contributed by atoms with van der Waals surface area (Å²) in [7, 11) is 0. The van der Waals surface area contributed by atoms with Crippen LogP contribution in [0.25, 0.3) is 0 Å². The fourth-order valence-corrected chi connectivity index (χ4v) is 3.28. The number of piperidine rings is 1. The van der Waals surface area contributed by atoms with E-state index in [2.05, 4.69) is 5.32 Å². The summed E-state index contributed by atoms with van der Waals surface area (Å²) in [5.74, 6) is 0.157. The Morgan fingerprint density at radius 3 is 2.68 bits per heavy atom. The molecule has 0 unspecified atom stereocenters. The zero-order valence-corrected chi connectivity index (χ0v) is 13.1. The van der Waals surface area contributed by atoms with Gasteiger partial charge in [0.25, 0.3) is 0 Å². The minimum atomic E-state index is -0.0238. The summed E-state index contributed by atoms with van der Waals surface area (Å²) in [5, 5.41) is 4.85. The fraction of sp³-hybridized carbons (Fsp3) is 0.294.